The molecule has 23 heavy (non-hydrogen) atoms. The van der Waals surface area contributed by atoms with Crippen LogP contribution >= 0.6 is 0 Å². The maximum atomic E-state index is 4.75. The highest BCUT2D eigenvalue weighted by Gasteiger charge is 2.24. The smallest absolute Gasteiger partial charge is 0.183 e. The van der Waals surface area contributed by atoms with Crippen molar-refractivity contribution in [2.45, 2.75) is 39.5 Å². The summed E-state index contributed by atoms with van der Waals surface area (Å²) in [5, 5.41) is 9.07. The van der Waals surface area contributed by atoms with Crippen molar-refractivity contribution in [3.63, 3.8) is 0 Å². The second kappa shape index (κ2) is 5.95. The number of hydrogen-bond acceptors (Lipinski definition) is 3. The molecule has 0 unspecified atom stereocenters. The number of nitrogens with zero attached hydrogens (tertiary/aromatic N) is 4. The number of azo groups is 1. The van der Waals surface area contributed by atoms with Crippen LogP contribution in [0.5, 0.6) is 0 Å². The molecule has 0 saturated carbocycles. The second-order valence-electron chi connectivity index (χ2n) is 6.65. The zero-order chi connectivity index (χ0) is 16.4. The molecule has 0 fully saturated rings. The molecule has 0 amide bonds. The molecule has 0 N–H and O–H groups in total. The zero-order valence-corrected chi connectivity index (χ0v) is 14.1. The number of imidazole rings is 1. The van der Waals surface area contributed by atoms with Gasteiger partial charge in [-0.1, -0.05) is 52.0 Å². The summed E-state index contributed by atoms with van der Waals surface area (Å²) in [5.74, 6) is 0.805. The molecule has 2 aromatic heterocycles. The van der Waals surface area contributed by atoms with E-state index in [0.717, 1.165) is 29.3 Å². The molecule has 3 rings (SSSR count). The maximum absolute atomic E-state index is 4.75. The molecule has 1 aromatic carbocycles. The summed E-state index contributed by atoms with van der Waals surface area (Å²) in [5.41, 5.74) is 3.88. The Bertz CT molecular complexity index is 853. The van der Waals surface area contributed by atoms with Crippen molar-refractivity contribution in [3.05, 3.63) is 59.9 Å². The molecule has 2 heterocycles. The van der Waals surface area contributed by atoms with Gasteiger partial charge in [0.05, 0.1) is 11.4 Å². The van der Waals surface area contributed by atoms with Crippen LogP contribution in [0.25, 0.3) is 5.65 Å². The van der Waals surface area contributed by atoms with Gasteiger partial charge in [0.2, 0.25) is 0 Å². The molecule has 118 valence electrons. The summed E-state index contributed by atoms with van der Waals surface area (Å²) in [7, 11) is 0. The molecule has 0 radical (unpaired) electrons. The van der Waals surface area contributed by atoms with Gasteiger partial charge in [-0.2, -0.15) is 0 Å². The van der Waals surface area contributed by atoms with Gasteiger partial charge in [0.25, 0.3) is 0 Å². The highest BCUT2D eigenvalue weighted by atomic mass is 15.2. The van der Waals surface area contributed by atoms with E-state index in [-0.39, 0.29) is 5.41 Å². The second-order valence-corrected chi connectivity index (χ2v) is 6.65. The van der Waals surface area contributed by atoms with Crippen molar-refractivity contribution in [1.29, 1.82) is 0 Å². The minimum Gasteiger partial charge on any atom is -0.283 e. The van der Waals surface area contributed by atoms with E-state index in [9.17, 15) is 0 Å². The SMILES string of the molecule is CCc1ccccc1N=Nc1c(C(C)(C)C)nc2ccccn12. The number of pyridine rings is 1. The summed E-state index contributed by atoms with van der Waals surface area (Å²) in [4.78, 5) is 4.75. The Morgan fingerprint density at radius 3 is 2.48 bits per heavy atom. The number of aryl methyl sites for hydroxylation is 1. The first-order chi connectivity index (χ1) is 11.0. The standard InChI is InChI=1S/C19H22N4/c1-5-14-10-6-7-11-15(14)21-22-18-17(19(2,3)4)20-16-12-8-9-13-23(16)18/h6-13H,5H2,1-4H3. The fourth-order valence-electron chi connectivity index (χ4n) is 2.59. The van der Waals surface area contributed by atoms with Gasteiger partial charge < -0.3 is 0 Å². The molecule has 3 aromatic rings. The van der Waals surface area contributed by atoms with Gasteiger partial charge in [-0.3, -0.25) is 4.40 Å². The van der Waals surface area contributed by atoms with Crippen LogP contribution in [-0.2, 0) is 11.8 Å². The molecular formula is C19H22N4. The third kappa shape index (κ3) is 3.02. The first kappa shape index (κ1) is 15.4. The van der Waals surface area contributed by atoms with E-state index in [0.29, 0.717) is 0 Å². The molecule has 0 aliphatic carbocycles. The third-order valence-electron chi connectivity index (χ3n) is 3.84. The predicted octanol–water partition coefficient (Wildman–Crippen LogP) is 5.61. The van der Waals surface area contributed by atoms with Gasteiger partial charge in [-0.05, 0) is 30.2 Å². The van der Waals surface area contributed by atoms with Crippen LogP contribution in [0.2, 0.25) is 0 Å². The zero-order valence-electron chi connectivity index (χ0n) is 14.1. The minimum absolute atomic E-state index is 0.0926. The number of aromatic nitrogens is 2. The Morgan fingerprint density at radius 1 is 1.00 bits per heavy atom. The van der Waals surface area contributed by atoms with Gasteiger partial charge in [0, 0.05) is 11.6 Å². The van der Waals surface area contributed by atoms with Crippen molar-refractivity contribution in [3.8, 4) is 0 Å². The quantitative estimate of drug-likeness (QED) is 0.580. The largest absolute Gasteiger partial charge is 0.283 e. The highest BCUT2D eigenvalue weighted by Crippen LogP contribution is 2.33. The molecule has 0 saturated heterocycles. The molecule has 0 atom stereocenters. The van der Waals surface area contributed by atoms with Crippen LogP contribution in [0.1, 0.15) is 39.0 Å². The molecule has 0 aliphatic rings. The van der Waals surface area contributed by atoms with Gasteiger partial charge in [0.1, 0.15) is 5.65 Å². The number of rotatable bonds is 3. The molecule has 4 heteroatoms. The van der Waals surface area contributed by atoms with Crippen molar-refractivity contribution >= 4 is 17.2 Å². The molecule has 0 bridgehead atoms. The van der Waals surface area contributed by atoms with Crippen LogP contribution in [0.4, 0.5) is 11.5 Å². The Kier molecular flexibility index (Phi) is 3.99. The lowest BCUT2D eigenvalue weighted by molar-refractivity contribution is 0.574. The lowest BCUT2D eigenvalue weighted by Crippen LogP contribution is -2.11. The van der Waals surface area contributed by atoms with Gasteiger partial charge in [0.15, 0.2) is 5.82 Å². The lowest BCUT2D eigenvalue weighted by atomic mass is 9.92. The van der Waals surface area contributed by atoms with E-state index >= 15 is 0 Å². The third-order valence-corrected chi connectivity index (χ3v) is 3.84. The first-order valence-electron chi connectivity index (χ1n) is 7.98. The summed E-state index contributed by atoms with van der Waals surface area (Å²) in [6.07, 6.45) is 2.92. The Labute approximate surface area is 136 Å². The first-order valence-corrected chi connectivity index (χ1v) is 7.98. The predicted molar refractivity (Wildman–Crippen MR) is 93.9 cm³/mol. The minimum atomic E-state index is -0.0926. The average Bonchev–Trinajstić information content (AvgIpc) is 2.92. The van der Waals surface area contributed by atoms with Gasteiger partial charge in [-0.25, -0.2) is 4.98 Å². The number of hydrogen-bond donors (Lipinski definition) is 0. The number of benzene rings is 1. The Morgan fingerprint density at radius 2 is 1.74 bits per heavy atom. The lowest BCUT2D eigenvalue weighted by Gasteiger charge is -2.15. The van der Waals surface area contributed by atoms with Crippen molar-refractivity contribution in [2.75, 3.05) is 0 Å². The van der Waals surface area contributed by atoms with Crippen LogP contribution < -0.4 is 0 Å². The molecule has 4 nitrogen and oxygen atoms in total. The average molecular weight is 306 g/mol. The summed E-state index contributed by atoms with van der Waals surface area (Å²) < 4.78 is 2.00. The Hall–Kier alpha value is -2.49. The van der Waals surface area contributed by atoms with Gasteiger partial charge >= 0.3 is 0 Å². The van der Waals surface area contributed by atoms with E-state index in [1.165, 1.54) is 5.56 Å². The van der Waals surface area contributed by atoms with E-state index < -0.39 is 0 Å². The van der Waals surface area contributed by atoms with E-state index in [2.05, 4.69) is 44.0 Å². The summed E-state index contributed by atoms with van der Waals surface area (Å²) in [6.45, 7) is 8.57. The topological polar surface area (TPSA) is 42.0 Å². The normalized spacial score (nSPS) is 12.3. The van der Waals surface area contributed by atoms with E-state index in [1.54, 1.807) is 0 Å². The van der Waals surface area contributed by atoms with Crippen molar-refractivity contribution in [1.82, 2.24) is 9.38 Å². The fourth-order valence-corrected chi connectivity index (χ4v) is 2.59. The van der Waals surface area contributed by atoms with Gasteiger partial charge in [-0.15, -0.1) is 10.2 Å². The summed E-state index contributed by atoms with van der Waals surface area (Å²) >= 11 is 0. The molecular weight excluding hydrogens is 284 g/mol. The van der Waals surface area contributed by atoms with Crippen LogP contribution in [0.3, 0.4) is 0 Å². The highest BCUT2D eigenvalue weighted by molar-refractivity contribution is 5.54. The molecule has 0 aliphatic heterocycles. The van der Waals surface area contributed by atoms with Crippen molar-refractivity contribution in [2.24, 2.45) is 10.2 Å². The maximum Gasteiger partial charge on any atom is 0.183 e. The molecule has 0 spiro atoms. The van der Waals surface area contributed by atoms with Crippen LogP contribution in [0.15, 0.2) is 58.9 Å². The van der Waals surface area contributed by atoms with Crippen LogP contribution in [-0.4, -0.2) is 9.38 Å². The Balaban J connectivity index is 2.13. The van der Waals surface area contributed by atoms with E-state index in [4.69, 9.17) is 4.98 Å². The van der Waals surface area contributed by atoms with E-state index in [1.807, 2.05) is 47.0 Å². The van der Waals surface area contributed by atoms with Crippen molar-refractivity contribution < 1.29 is 0 Å². The summed E-state index contributed by atoms with van der Waals surface area (Å²) in [6, 6.07) is 14.1. The monoisotopic (exact) mass is 306 g/mol. The fraction of sp³-hybridized carbons (Fsp3) is 0.316. The van der Waals surface area contributed by atoms with Crippen LogP contribution in [0, 0.1) is 0 Å². The number of fused-ring (bicyclic) bond motifs is 1.